The smallest absolute Gasteiger partial charge is 0.125 e. The number of anilines is 1. The standard InChI is InChI=1S/C25H36N4O2/c1-30-24-15-21-23(14-18(24)17-31-13-12-29-10-2-3-11-29)28-22-8-4-7-20(22)25(21)27-19-6-5-9-26-16-19/h14-15,19,26H,2-13,16-17H2,1H3,(H,27,28)/t19-/m1/s1. The van der Waals surface area contributed by atoms with Gasteiger partial charge in [-0.15, -0.1) is 0 Å². The lowest BCUT2D eigenvalue weighted by molar-refractivity contribution is 0.0979. The maximum atomic E-state index is 6.04. The number of benzene rings is 1. The van der Waals surface area contributed by atoms with Crippen molar-refractivity contribution in [2.45, 2.75) is 57.6 Å². The number of piperidine rings is 1. The highest BCUT2D eigenvalue weighted by molar-refractivity contribution is 5.95. The number of rotatable bonds is 8. The Hall–Kier alpha value is -1.89. The molecular weight excluding hydrogens is 388 g/mol. The van der Waals surface area contributed by atoms with Crippen molar-refractivity contribution in [1.29, 1.82) is 0 Å². The second kappa shape index (κ2) is 9.72. The minimum absolute atomic E-state index is 0.476. The van der Waals surface area contributed by atoms with Crippen LogP contribution in [0.2, 0.25) is 0 Å². The van der Waals surface area contributed by atoms with E-state index in [4.69, 9.17) is 14.5 Å². The zero-order valence-electron chi connectivity index (χ0n) is 18.8. The molecule has 5 rings (SSSR count). The fourth-order valence-electron chi connectivity index (χ4n) is 5.36. The molecule has 6 nitrogen and oxygen atoms in total. The Labute approximate surface area is 185 Å². The number of aryl methyl sites for hydroxylation is 1. The summed E-state index contributed by atoms with van der Waals surface area (Å²) in [5, 5.41) is 8.60. The van der Waals surface area contributed by atoms with Crippen molar-refractivity contribution in [2.75, 3.05) is 51.8 Å². The number of methoxy groups -OCH3 is 1. The van der Waals surface area contributed by atoms with Gasteiger partial charge in [-0.05, 0) is 82.3 Å². The number of fused-ring (bicyclic) bond motifs is 2. The molecule has 1 aromatic carbocycles. The summed E-state index contributed by atoms with van der Waals surface area (Å²) in [6.07, 6.45) is 8.47. The van der Waals surface area contributed by atoms with Gasteiger partial charge in [0, 0.05) is 41.5 Å². The summed E-state index contributed by atoms with van der Waals surface area (Å²) in [7, 11) is 1.76. The summed E-state index contributed by atoms with van der Waals surface area (Å²) < 4.78 is 11.8. The molecule has 3 heterocycles. The predicted molar refractivity (Wildman–Crippen MR) is 125 cm³/mol. The average molecular weight is 425 g/mol. The van der Waals surface area contributed by atoms with Crippen molar-refractivity contribution in [3.05, 3.63) is 29.0 Å². The summed E-state index contributed by atoms with van der Waals surface area (Å²) in [5.74, 6) is 0.901. The summed E-state index contributed by atoms with van der Waals surface area (Å²) >= 11 is 0. The van der Waals surface area contributed by atoms with Crippen molar-refractivity contribution in [2.24, 2.45) is 0 Å². The lowest BCUT2D eigenvalue weighted by Gasteiger charge is -2.27. The first-order valence-corrected chi connectivity index (χ1v) is 12.1. The molecule has 6 heteroatoms. The van der Waals surface area contributed by atoms with Crippen molar-refractivity contribution >= 4 is 16.6 Å². The fraction of sp³-hybridized carbons (Fsp3) is 0.640. The van der Waals surface area contributed by atoms with E-state index in [1.165, 1.54) is 67.5 Å². The zero-order chi connectivity index (χ0) is 21.0. The highest BCUT2D eigenvalue weighted by Crippen LogP contribution is 2.38. The van der Waals surface area contributed by atoms with Gasteiger partial charge in [0.15, 0.2) is 0 Å². The van der Waals surface area contributed by atoms with Crippen molar-refractivity contribution < 1.29 is 9.47 Å². The third-order valence-corrected chi connectivity index (χ3v) is 7.07. The van der Waals surface area contributed by atoms with E-state index in [0.717, 1.165) is 55.9 Å². The molecule has 0 bridgehead atoms. The Balaban J connectivity index is 1.39. The van der Waals surface area contributed by atoms with Gasteiger partial charge in [0.05, 0.1) is 25.8 Å². The van der Waals surface area contributed by atoms with Gasteiger partial charge in [-0.3, -0.25) is 4.98 Å². The third kappa shape index (κ3) is 4.66. The van der Waals surface area contributed by atoms with Crippen LogP contribution >= 0.6 is 0 Å². The number of aromatic nitrogens is 1. The van der Waals surface area contributed by atoms with Gasteiger partial charge in [0.2, 0.25) is 0 Å². The number of hydrogen-bond donors (Lipinski definition) is 2. The topological polar surface area (TPSA) is 58.6 Å². The van der Waals surface area contributed by atoms with E-state index in [9.17, 15) is 0 Å². The molecule has 0 spiro atoms. The minimum Gasteiger partial charge on any atom is -0.496 e. The van der Waals surface area contributed by atoms with E-state index in [-0.39, 0.29) is 0 Å². The Morgan fingerprint density at radius 3 is 2.87 bits per heavy atom. The molecule has 2 fully saturated rings. The number of pyridine rings is 1. The molecule has 2 aromatic rings. The third-order valence-electron chi connectivity index (χ3n) is 7.07. The van der Waals surface area contributed by atoms with E-state index in [1.807, 2.05) is 0 Å². The highest BCUT2D eigenvalue weighted by Gasteiger charge is 2.23. The SMILES string of the molecule is COc1cc2c(N[C@@H]3CCCNC3)c3c(nc2cc1COCCN1CCCC1)CCC3. The molecule has 1 aromatic heterocycles. The van der Waals surface area contributed by atoms with Gasteiger partial charge < -0.3 is 25.0 Å². The van der Waals surface area contributed by atoms with Crippen LogP contribution in [0.1, 0.15) is 48.9 Å². The van der Waals surface area contributed by atoms with Gasteiger partial charge in [0.25, 0.3) is 0 Å². The van der Waals surface area contributed by atoms with Crippen molar-refractivity contribution in [3.8, 4) is 5.75 Å². The summed E-state index contributed by atoms with van der Waals surface area (Å²) in [6, 6.07) is 4.84. The van der Waals surface area contributed by atoms with Gasteiger partial charge in [-0.25, -0.2) is 0 Å². The van der Waals surface area contributed by atoms with Gasteiger partial charge >= 0.3 is 0 Å². The first kappa shape index (κ1) is 21.0. The number of hydrogen-bond acceptors (Lipinski definition) is 6. The Morgan fingerprint density at radius 2 is 2.06 bits per heavy atom. The molecule has 31 heavy (non-hydrogen) atoms. The average Bonchev–Trinajstić information content (AvgIpc) is 3.49. The van der Waals surface area contributed by atoms with Crippen molar-refractivity contribution in [3.63, 3.8) is 0 Å². The normalized spacial score (nSPS) is 21.5. The second-order valence-electron chi connectivity index (χ2n) is 9.24. The fourth-order valence-corrected chi connectivity index (χ4v) is 5.36. The van der Waals surface area contributed by atoms with Crippen LogP contribution in [0, 0.1) is 0 Å². The van der Waals surface area contributed by atoms with E-state index in [1.54, 1.807) is 7.11 Å². The molecule has 0 saturated carbocycles. The Kier molecular flexibility index (Phi) is 6.58. The van der Waals surface area contributed by atoms with Gasteiger partial charge in [0.1, 0.15) is 5.75 Å². The van der Waals surface area contributed by atoms with Gasteiger partial charge in [-0.2, -0.15) is 0 Å². The quantitative estimate of drug-likeness (QED) is 0.633. The highest BCUT2D eigenvalue weighted by atomic mass is 16.5. The van der Waals surface area contributed by atoms with Crippen LogP contribution in [-0.2, 0) is 24.2 Å². The van der Waals surface area contributed by atoms with Crippen LogP contribution < -0.4 is 15.4 Å². The molecule has 2 saturated heterocycles. The first-order chi connectivity index (χ1) is 15.3. The molecule has 1 aliphatic carbocycles. The molecule has 1 atom stereocenters. The van der Waals surface area contributed by atoms with Crippen molar-refractivity contribution in [1.82, 2.24) is 15.2 Å². The van der Waals surface area contributed by atoms with E-state index in [2.05, 4.69) is 27.7 Å². The van der Waals surface area contributed by atoms with E-state index >= 15 is 0 Å². The van der Waals surface area contributed by atoms with Crippen LogP contribution in [-0.4, -0.2) is 62.4 Å². The number of ether oxygens (including phenoxy) is 2. The maximum Gasteiger partial charge on any atom is 0.125 e. The van der Waals surface area contributed by atoms with Crippen LogP contribution in [0.5, 0.6) is 5.75 Å². The maximum absolute atomic E-state index is 6.04. The van der Waals surface area contributed by atoms with Crippen LogP contribution in [0.15, 0.2) is 12.1 Å². The molecule has 0 amide bonds. The Morgan fingerprint density at radius 1 is 1.16 bits per heavy atom. The minimum atomic E-state index is 0.476. The molecule has 2 N–H and O–H groups in total. The van der Waals surface area contributed by atoms with Crippen LogP contribution in [0.3, 0.4) is 0 Å². The largest absolute Gasteiger partial charge is 0.496 e. The summed E-state index contributed by atoms with van der Waals surface area (Å²) in [6.45, 7) is 6.93. The summed E-state index contributed by atoms with van der Waals surface area (Å²) in [5.41, 5.74) is 6.11. The Bertz CT molecular complexity index is 904. The lowest BCUT2D eigenvalue weighted by atomic mass is 10.0. The molecule has 2 aliphatic heterocycles. The van der Waals surface area contributed by atoms with Gasteiger partial charge in [-0.1, -0.05) is 0 Å². The van der Waals surface area contributed by atoms with E-state index in [0.29, 0.717) is 12.6 Å². The van der Waals surface area contributed by atoms with E-state index < -0.39 is 0 Å². The molecular formula is C25H36N4O2. The molecule has 168 valence electrons. The monoisotopic (exact) mass is 424 g/mol. The molecule has 0 unspecified atom stereocenters. The van der Waals surface area contributed by atoms with Crippen LogP contribution in [0.4, 0.5) is 5.69 Å². The zero-order valence-corrected chi connectivity index (χ0v) is 18.8. The molecule has 3 aliphatic rings. The first-order valence-electron chi connectivity index (χ1n) is 12.1. The lowest BCUT2D eigenvalue weighted by Crippen LogP contribution is -2.38. The number of nitrogens with one attached hydrogen (secondary N) is 2. The predicted octanol–water partition coefficient (Wildman–Crippen LogP) is 3.51. The number of likely N-dealkylation sites (tertiary alicyclic amines) is 1. The summed E-state index contributed by atoms with van der Waals surface area (Å²) in [4.78, 5) is 7.55. The second-order valence-corrected chi connectivity index (χ2v) is 9.24. The molecule has 0 radical (unpaired) electrons. The van der Waals surface area contributed by atoms with Crippen LogP contribution in [0.25, 0.3) is 10.9 Å². The number of nitrogens with zero attached hydrogens (tertiary/aromatic N) is 2.